The van der Waals surface area contributed by atoms with E-state index in [4.69, 9.17) is 4.42 Å². The van der Waals surface area contributed by atoms with Crippen molar-refractivity contribution in [3.05, 3.63) is 24.2 Å². The summed E-state index contributed by atoms with van der Waals surface area (Å²) < 4.78 is 4.95. The number of carbonyl (C=O) groups excluding carboxylic acids is 2. The summed E-state index contributed by atoms with van der Waals surface area (Å²) >= 11 is 0. The van der Waals surface area contributed by atoms with E-state index >= 15 is 0 Å². The molecule has 1 aromatic heterocycles. The minimum absolute atomic E-state index is 0.0916. The molecule has 1 fully saturated rings. The van der Waals surface area contributed by atoms with Crippen LogP contribution in [-0.2, 0) is 9.59 Å². The fraction of sp³-hybridized carbons (Fsp3) is 0.562. The Morgan fingerprint density at radius 2 is 2.17 bits per heavy atom. The lowest BCUT2D eigenvalue weighted by atomic mass is 9.74. The lowest BCUT2D eigenvalue weighted by Crippen LogP contribution is -2.55. The van der Waals surface area contributed by atoms with Crippen molar-refractivity contribution in [2.45, 2.75) is 44.6 Å². The van der Waals surface area contributed by atoms with Crippen LogP contribution in [0.4, 0.5) is 0 Å². The van der Waals surface area contributed by atoms with Gasteiger partial charge in [0.2, 0.25) is 5.91 Å². The van der Waals surface area contributed by atoms with Crippen molar-refractivity contribution in [3.63, 3.8) is 0 Å². The van der Waals surface area contributed by atoms with E-state index in [2.05, 4.69) is 10.6 Å². The highest BCUT2D eigenvalue weighted by atomic mass is 16.4. The Balaban J connectivity index is 1.81. The van der Waals surface area contributed by atoms with Crippen LogP contribution in [0.15, 0.2) is 22.8 Å². The number of carboxylic acids is 1. The third-order valence-corrected chi connectivity index (χ3v) is 4.31. The molecule has 0 aromatic carbocycles. The van der Waals surface area contributed by atoms with E-state index in [-0.39, 0.29) is 30.5 Å². The van der Waals surface area contributed by atoms with E-state index in [1.165, 1.54) is 12.3 Å². The van der Waals surface area contributed by atoms with Gasteiger partial charge in [0.1, 0.15) is 0 Å². The molecule has 1 heterocycles. The Labute approximate surface area is 134 Å². The molecule has 0 aliphatic heterocycles. The predicted molar refractivity (Wildman–Crippen MR) is 81.8 cm³/mol. The molecule has 3 N–H and O–H groups in total. The Bertz CT molecular complexity index is 569. The van der Waals surface area contributed by atoms with Gasteiger partial charge in [0.15, 0.2) is 5.76 Å². The molecule has 2 atom stereocenters. The second-order valence-electron chi connectivity index (χ2n) is 6.09. The molecule has 2 unspecified atom stereocenters. The minimum Gasteiger partial charge on any atom is -0.481 e. The highest BCUT2D eigenvalue weighted by Crippen LogP contribution is 2.33. The third kappa shape index (κ3) is 4.34. The van der Waals surface area contributed by atoms with Gasteiger partial charge in [0, 0.05) is 13.0 Å². The first-order valence-electron chi connectivity index (χ1n) is 7.78. The van der Waals surface area contributed by atoms with Gasteiger partial charge in [-0.3, -0.25) is 14.4 Å². The highest BCUT2D eigenvalue weighted by Gasteiger charge is 2.41. The second-order valence-corrected chi connectivity index (χ2v) is 6.09. The van der Waals surface area contributed by atoms with Crippen LogP contribution in [0.1, 0.15) is 49.6 Å². The Morgan fingerprint density at radius 3 is 2.83 bits per heavy atom. The molecule has 0 bridgehead atoms. The standard InChI is InChI=1S/C16H22N2O5/c1-16(8-3-2-5-11(16)15(21)22)18-13(19)7-9-17-14(20)12-6-4-10-23-12/h4,6,10-11H,2-3,5,7-9H2,1H3,(H,17,20)(H,18,19)(H,21,22). The van der Waals surface area contributed by atoms with Crippen LogP contribution in [0.25, 0.3) is 0 Å². The molecule has 7 heteroatoms. The first-order chi connectivity index (χ1) is 10.9. The molecule has 0 saturated heterocycles. The van der Waals surface area contributed by atoms with Crippen LogP contribution < -0.4 is 10.6 Å². The number of hydrogen-bond acceptors (Lipinski definition) is 4. The fourth-order valence-corrected chi connectivity index (χ4v) is 3.04. The summed E-state index contributed by atoms with van der Waals surface area (Å²) in [6.07, 6.45) is 4.47. The molecule has 7 nitrogen and oxygen atoms in total. The number of amides is 2. The number of carbonyl (C=O) groups is 3. The zero-order valence-electron chi connectivity index (χ0n) is 13.1. The molecule has 1 aliphatic carbocycles. The van der Waals surface area contributed by atoms with Gasteiger partial charge in [-0.15, -0.1) is 0 Å². The minimum atomic E-state index is -0.876. The zero-order chi connectivity index (χ0) is 16.9. The van der Waals surface area contributed by atoms with Crippen LogP contribution in [-0.4, -0.2) is 35.0 Å². The molecule has 2 rings (SSSR count). The second kappa shape index (κ2) is 7.30. The molecule has 126 valence electrons. The number of hydrogen-bond donors (Lipinski definition) is 3. The quantitative estimate of drug-likeness (QED) is 0.736. The summed E-state index contributed by atoms with van der Waals surface area (Å²) in [7, 11) is 0. The molecule has 1 saturated carbocycles. The molecule has 2 amide bonds. The van der Waals surface area contributed by atoms with E-state index in [0.29, 0.717) is 12.8 Å². The van der Waals surface area contributed by atoms with Crippen molar-refractivity contribution in [2.24, 2.45) is 5.92 Å². The van der Waals surface area contributed by atoms with Crippen LogP contribution in [0.5, 0.6) is 0 Å². The maximum absolute atomic E-state index is 12.1. The predicted octanol–water partition coefficient (Wildman–Crippen LogP) is 1.55. The van der Waals surface area contributed by atoms with E-state index in [1.807, 2.05) is 0 Å². The van der Waals surface area contributed by atoms with E-state index in [1.54, 1.807) is 13.0 Å². The SMILES string of the molecule is CC1(NC(=O)CCNC(=O)c2ccco2)CCCCC1C(=O)O. The van der Waals surface area contributed by atoms with Crippen LogP contribution in [0, 0.1) is 5.92 Å². The average molecular weight is 322 g/mol. The Morgan fingerprint density at radius 1 is 1.39 bits per heavy atom. The lowest BCUT2D eigenvalue weighted by molar-refractivity contribution is -0.146. The summed E-state index contributed by atoms with van der Waals surface area (Å²) in [4.78, 5) is 35.1. The van der Waals surface area contributed by atoms with Gasteiger partial charge in [0.05, 0.1) is 17.7 Å². The van der Waals surface area contributed by atoms with Crippen molar-refractivity contribution in [1.82, 2.24) is 10.6 Å². The van der Waals surface area contributed by atoms with E-state index in [9.17, 15) is 19.5 Å². The van der Waals surface area contributed by atoms with Crippen molar-refractivity contribution < 1.29 is 23.9 Å². The maximum atomic E-state index is 12.1. The molecular formula is C16H22N2O5. The number of nitrogens with one attached hydrogen (secondary N) is 2. The van der Waals surface area contributed by atoms with Gasteiger partial charge in [-0.25, -0.2) is 0 Å². The smallest absolute Gasteiger partial charge is 0.308 e. The van der Waals surface area contributed by atoms with Gasteiger partial charge in [0.25, 0.3) is 5.91 Å². The van der Waals surface area contributed by atoms with Gasteiger partial charge in [-0.1, -0.05) is 12.8 Å². The largest absolute Gasteiger partial charge is 0.481 e. The summed E-state index contributed by atoms with van der Waals surface area (Å²) in [5, 5.41) is 14.8. The normalized spacial score (nSPS) is 24.0. The number of rotatable bonds is 6. The first kappa shape index (κ1) is 17.1. The molecule has 1 aliphatic rings. The van der Waals surface area contributed by atoms with Gasteiger partial charge in [-0.05, 0) is 31.9 Å². The summed E-state index contributed by atoms with van der Waals surface area (Å²) in [5.74, 6) is -1.90. The van der Waals surface area contributed by atoms with Crippen LogP contribution in [0.3, 0.4) is 0 Å². The van der Waals surface area contributed by atoms with Crippen LogP contribution >= 0.6 is 0 Å². The number of aliphatic carboxylic acids is 1. The molecular weight excluding hydrogens is 300 g/mol. The van der Waals surface area contributed by atoms with Crippen LogP contribution in [0.2, 0.25) is 0 Å². The fourth-order valence-electron chi connectivity index (χ4n) is 3.04. The monoisotopic (exact) mass is 322 g/mol. The Hall–Kier alpha value is -2.31. The number of carboxylic acid groups (broad SMARTS) is 1. The number of furan rings is 1. The third-order valence-electron chi connectivity index (χ3n) is 4.31. The average Bonchev–Trinajstić information content (AvgIpc) is 3.01. The molecule has 1 aromatic rings. The Kier molecular flexibility index (Phi) is 5.41. The van der Waals surface area contributed by atoms with Crippen molar-refractivity contribution >= 4 is 17.8 Å². The lowest BCUT2D eigenvalue weighted by Gasteiger charge is -2.39. The first-order valence-corrected chi connectivity index (χ1v) is 7.78. The summed E-state index contributed by atoms with van der Waals surface area (Å²) in [5.41, 5.74) is -0.730. The van der Waals surface area contributed by atoms with Crippen molar-refractivity contribution in [1.29, 1.82) is 0 Å². The summed E-state index contributed by atoms with van der Waals surface area (Å²) in [6.45, 7) is 1.95. The molecule has 0 spiro atoms. The van der Waals surface area contributed by atoms with E-state index in [0.717, 1.165) is 12.8 Å². The molecule has 0 radical (unpaired) electrons. The van der Waals surface area contributed by atoms with Crippen molar-refractivity contribution in [2.75, 3.05) is 6.54 Å². The van der Waals surface area contributed by atoms with Gasteiger partial charge >= 0.3 is 5.97 Å². The topological polar surface area (TPSA) is 109 Å². The van der Waals surface area contributed by atoms with E-state index < -0.39 is 17.4 Å². The van der Waals surface area contributed by atoms with Gasteiger partial charge < -0.3 is 20.2 Å². The summed E-state index contributed by atoms with van der Waals surface area (Å²) in [6, 6.07) is 3.15. The van der Waals surface area contributed by atoms with Gasteiger partial charge in [-0.2, -0.15) is 0 Å². The maximum Gasteiger partial charge on any atom is 0.308 e. The van der Waals surface area contributed by atoms with Crippen molar-refractivity contribution in [3.8, 4) is 0 Å². The zero-order valence-corrected chi connectivity index (χ0v) is 13.1. The highest BCUT2D eigenvalue weighted by molar-refractivity contribution is 5.91. The molecule has 23 heavy (non-hydrogen) atoms.